The molecule has 2 heterocycles. The van der Waals surface area contributed by atoms with Gasteiger partial charge in [0.15, 0.2) is 0 Å². The van der Waals surface area contributed by atoms with Gasteiger partial charge in [0.2, 0.25) is 0 Å². The summed E-state index contributed by atoms with van der Waals surface area (Å²) in [7, 11) is 2.14. The van der Waals surface area contributed by atoms with E-state index in [1.54, 1.807) is 11.3 Å². The van der Waals surface area contributed by atoms with E-state index < -0.39 is 0 Å². The van der Waals surface area contributed by atoms with Crippen molar-refractivity contribution < 1.29 is 4.74 Å². The van der Waals surface area contributed by atoms with Gasteiger partial charge in [0.05, 0.1) is 17.7 Å². The number of aromatic nitrogens is 1. The zero-order valence-electron chi connectivity index (χ0n) is 9.90. The van der Waals surface area contributed by atoms with E-state index >= 15 is 0 Å². The SMILES string of the molecule is Cc1ncc(CNCC2CN(C)CCO2)s1. The Balaban J connectivity index is 1.67. The van der Waals surface area contributed by atoms with E-state index in [0.717, 1.165) is 37.8 Å². The molecule has 0 aliphatic carbocycles. The van der Waals surface area contributed by atoms with Crippen molar-refractivity contribution in [3.8, 4) is 0 Å². The summed E-state index contributed by atoms with van der Waals surface area (Å²) < 4.78 is 5.68. The summed E-state index contributed by atoms with van der Waals surface area (Å²) in [5.41, 5.74) is 0. The molecule has 4 nitrogen and oxygen atoms in total. The first-order valence-corrected chi connectivity index (χ1v) is 6.48. The first-order valence-electron chi connectivity index (χ1n) is 5.66. The summed E-state index contributed by atoms with van der Waals surface area (Å²) in [6, 6.07) is 0. The van der Waals surface area contributed by atoms with Crippen molar-refractivity contribution in [2.24, 2.45) is 0 Å². The molecular formula is C11H19N3OS. The fourth-order valence-corrected chi connectivity index (χ4v) is 2.60. The molecule has 16 heavy (non-hydrogen) atoms. The summed E-state index contributed by atoms with van der Waals surface area (Å²) in [6.45, 7) is 6.77. The molecule has 1 atom stereocenters. The third-order valence-corrected chi connectivity index (χ3v) is 3.60. The maximum absolute atomic E-state index is 5.68. The molecule has 0 aromatic carbocycles. The van der Waals surface area contributed by atoms with Crippen molar-refractivity contribution in [2.75, 3.05) is 33.3 Å². The molecule has 0 amide bonds. The van der Waals surface area contributed by atoms with Crippen molar-refractivity contribution in [3.05, 3.63) is 16.1 Å². The van der Waals surface area contributed by atoms with Gasteiger partial charge >= 0.3 is 0 Å². The Hall–Kier alpha value is -0.490. The van der Waals surface area contributed by atoms with E-state index in [0.29, 0.717) is 6.10 Å². The second-order valence-corrected chi connectivity index (χ2v) is 5.55. The van der Waals surface area contributed by atoms with Crippen molar-refractivity contribution in [1.29, 1.82) is 0 Å². The van der Waals surface area contributed by atoms with Crippen LogP contribution in [-0.2, 0) is 11.3 Å². The molecule has 1 fully saturated rings. The fraction of sp³-hybridized carbons (Fsp3) is 0.727. The van der Waals surface area contributed by atoms with E-state index in [1.807, 2.05) is 13.1 Å². The Morgan fingerprint density at radius 3 is 3.25 bits per heavy atom. The van der Waals surface area contributed by atoms with Crippen LogP contribution in [0.15, 0.2) is 6.20 Å². The van der Waals surface area contributed by atoms with Crippen LogP contribution in [0.3, 0.4) is 0 Å². The normalized spacial score (nSPS) is 22.5. The Morgan fingerprint density at radius 1 is 1.69 bits per heavy atom. The smallest absolute Gasteiger partial charge is 0.0897 e. The third-order valence-electron chi connectivity index (χ3n) is 2.68. The summed E-state index contributed by atoms with van der Waals surface area (Å²) in [5.74, 6) is 0. The van der Waals surface area contributed by atoms with Gasteiger partial charge in [-0.3, -0.25) is 0 Å². The largest absolute Gasteiger partial charge is 0.374 e. The molecule has 1 unspecified atom stereocenters. The lowest BCUT2D eigenvalue weighted by atomic mass is 10.3. The number of nitrogens with one attached hydrogen (secondary N) is 1. The maximum Gasteiger partial charge on any atom is 0.0897 e. The number of aryl methyl sites for hydroxylation is 1. The molecule has 1 saturated heterocycles. The number of ether oxygens (including phenoxy) is 1. The first kappa shape index (κ1) is 12.0. The topological polar surface area (TPSA) is 37.4 Å². The van der Waals surface area contributed by atoms with Crippen molar-refractivity contribution >= 4 is 11.3 Å². The van der Waals surface area contributed by atoms with Gasteiger partial charge in [-0.25, -0.2) is 4.98 Å². The highest BCUT2D eigenvalue weighted by molar-refractivity contribution is 7.11. The number of rotatable bonds is 4. The van der Waals surface area contributed by atoms with Crippen molar-refractivity contribution in [1.82, 2.24) is 15.2 Å². The molecule has 90 valence electrons. The zero-order chi connectivity index (χ0) is 11.4. The maximum atomic E-state index is 5.68. The van der Waals surface area contributed by atoms with Crippen LogP contribution in [0.1, 0.15) is 9.88 Å². The molecule has 1 aromatic heterocycles. The number of hydrogen-bond donors (Lipinski definition) is 1. The number of nitrogens with zero attached hydrogens (tertiary/aromatic N) is 2. The van der Waals surface area contributed by atoms with Gasteiger partial charge in [-0.15, -0.1) is 11.3 Å². The molecule has 1 aliphatic heterocycles. The zero-order valence-corrected chi connectivity index (χ0v) is 10.7. The molecule has 0 spiro atoms. The molecule has 2 rings (SSSR count). The van der Waals surface area contributed by atoms with E-state index in [1.165, 1.54) is 4.88 Å². The highest BCUT2D eigenvalue weighted by Gasteiger charge is 2.16. The molecule has 0 bridgehead atoms. The highest BCUT2D eigenvalue weighted by Crippen LogP contribution is 2.11. The van der Waals surface area contributed by atoms with Gasteiger partial charge in [0, 0.05) is 37.3 Å². The number of thiazole rings is 1. The molecule has 5 heteroatoms. The predicted octanol–water partition coefficient (Wildman–Crippen LogP) is 0.872. The first-order chi connectivity index (χ1) is 7.74. The van der Waals surface area contributed by atoms with Gasteiger partial charge in [0.25, 0.3) is 0 Å². The minimum Gasteiger partial charge on any atom is -0.374 e. The molecule has 0 saturated carbocycles. The van der Waals surface area contributed by atoms with Crippen LogP contribution in [0, 0.1) is 6.92 Å². The predicted molar refractivity (Wildman–Crippen MR) is 65.8 cm³/mol. The molecule has 0 radical (unpaired) electrons. The van der Waals surface area contributed by atoms with Crippen LogP contribution in [0.25, 0.3) is 0 Å². The minimum atomic E-state index is 0.327. The average molecular weight is 241 g/mol. The van der Waals surface area contributed by atoms with Gasteiger partial charge in [-0.2, -0.15) is 0 Å². The Labute approximate surface area is 101 Å². The summed E-state index contributed by atoms with van der Waals surface area (Å²) >= 11 is 1.75. The fourth-order valence-electron chi connectivity index (χ4n) is 1.83. The van der Waals surface area contributed by atoms with Gasteiger partial charge in [-0.1, -0.05) is 0 Å². The average Bonchev–Trinajstić information content (AvgIpc) is 2.64. The third kappa shape index (κ3) is 3.52. The molecular weight excluding hydrogens is 222 g/mol. The van der Waals surface area contributed by atoms with Gasteiger partial charge in [-0.05, 0) is 14.0 Å². The molecule has 1 N–H and O–H groups in total. The second kappa shape index (κ2) is 5.72. The van der Waals surface area contributed by atoms with E-state index in [4.69, 9.17) is 4.74 Å². The van der Waals surface area contributed by atoms with Crippen LogP contribution in [0.4, 0.5) is 0 Å². The lowest BCUT2D eigenvalue weighted by Gasteiger charge is -2.30. The van der Waals surface area contributed by atoms with Crippen molar-refractivity contribution in [2.45, 2.75) is 19.6 Å². The summed E-state index contributed by atoms with van der Waals surface area (Å²) in [4.78, 5) is 7.84. The van der Waals surface area contributed by atoms with E-state index in [2.05, 4.69) is 22.2 Å². The summed E-state index contributed by atoms with van der Waals surface area (Å²) in [6.07, 6.45) is 2.27. The number of morpholine rings is 1. The molecule has 1 aliphatic rings. The number of likely N-dealkylation sites (N-methyl/N-ethyl adjacent to an activating group) is 1. The van der Waals surface area contributed by atoms with Gasteiger partial charge < -0.3 is 15.0 Å². The lowest BCUT2D eigenvalue weighted by Crippen LogP contribution is -2.44. The monoisotopic (exact) mass is 241 g/mol. The second-order valence-electron chi connectivity index (χ2n) is 4.23. The Morgan fingerprint density at radius 2 is 2.56 bits per heavy atom. The molecule has 1 aromatic rings. The Bertz CT molecular complexity index is 329. The number of hydrogen-bond acceptors (Lipinski definition) is 5. The van der Waals surface area contributed by atoms with Crippen molar-refractivity contribution in [3.63, 3.8) is 0 Å². The van der Waals surface area contributed by atoms with E-state index in [-0.39, 0.29) is 0 Å². The van der Waals surface area contributed by atoms with Gasteiger partial charge in [0.1, 0.15) is 0 Å². The highest BCUT2D eigenvalue weighted by atomic mass is 32.1. The van der Waals surface area contributed by atoms with Crippen LogP contribution in [0.5, 0.6) is 0 Å². The standard InChI is InChI=1S/C11H19N3OS/c1-9-13-7-11(16-9)6-12-5-10-8-14(2)3-4-15-10/h7,10,12H,3-6,8H2,1-2H3. The van der Waals surface area contributed by atoms with Crippen LogP contribution >= 0.6 is 11.3 Å². The quantitative estimate of drug-likeness (QED) is 0.849. The Kier molecular flexibility index (Phi) is 4.29. The minimum absolute atomic E-state index is 0.327. The van der Waals surface area contributed by atoms with Crippen LogP contribution in [0.2, 0.25) is 0 Å². The lowest BCUT2D eigenvalue weighted by molar-refractivity contribution is -0.0181. The van der Waals surface area contributed by atoms with Crippen LogP contribution < -0.4 is 5.32 Å². The summed E-state index contributed by atoms with van der Waals surface area (Å²) in [5, 5.41) is 4.55. The van der Waals surface area contributed by atoms with E-state index in [9.17, 15) is 0 Å². The van der Waals surface area contributed by atoms with Crippen LogP contribution in [-0.4, -0.2) is 49.3 Å².